The van der Waals surface area contributed by atoms with Gasteiger partial charge in [-0.25, -0.2) is 4.79 Å². The number of carbonyl (C=O) groups excluding carboxylic acids is 1. The molecule has 0 aliphatic rings. The summed E-state index contributed by atoms with van der Waals surface area (Å²) in [6.07, 6.45) is 3.33. The van der Waals surface area contributed by atoms with Crippen LogP contribution in [0.25, 0.3) is 10.8 Å². The molecule has 6 heteroatoms. The SMILES string of the molecule is CSCCCC(=O)Nc1ccc(OCC(=O)O)c2ccccc12. The third-order valence-electron chi connectivity index (χ3n) is 3.26. The second-order valence-electron chi connectivity index (χ2n) is 4.98. The fourth-order valence-corrected chi connectivity index (χ4v) is 2.67. The number of thioether (sulfide) groups is 1. The van der Waals surface area contributed by atoms with E-state index in [-0.39, 0.29) is 5.91 Å². The zero-order chi connectivity index (χ0) is 16.7. The number of carboxylic acid groups (broad SMARTS) is 1. The van der Waals surface area contributed by atoms with E-state index >= 15 is 0 Å². The van der Waals surface area contributed by atoms with E-state index in [0.717, 1.165) is 22.9 Å². The van der Waals surface area contributed by atoms with E-state index in [1.54, 1.807) is 23.9 Å². The quantitative estimate of drug-likeness (QED) is 0.724. The van der Waals surface area contributed by atoms with Gasteiger partial charge >= 0.3 is 5.97 Å². The second-order valence-corrected chi connectivity index (χ2v) is 5.97. The van der Waals surface area contributed by atoms with Crippen LogP contribution in [0.5, 0.6) is 5.75 Å². The summed E-state index contributed by atoms with van der Waals surface area (Å²) >= 11 is 1.72. The van der Waals surface area contributed by atoms with Crippen LogP contribution in [0.4, 0.5) is 5.69 Å². The van der Waals surface area contributed by atoms with Crippen molar-refractivity contribution in [3.05, 3.63) is 36.4 Å². The Bertz CT molecular complexity index is 702. The maximum absolute atomic E-state index is 12.0. The number of anilines is 1. The Kier molecular flexibility index (Phi) is 6.29. The lowest BCUT2D eigenvalue weighted by Gasteiger charge is -2.12. The van der Waals surface area contributed by atoms with Crippen molar-refractivity contribution < 1.29 is 19.4 Å². The molecule has 122 valence electrons. The van der Waals surface area contributed by atoms with E-state index < -0.39 is 12.6 Å². The zero-order valence-corrected chi connectivity index (χ0v) is 13.7. The van der Waals surface area contributed by atoms with Gasteiger partial charge in [0.2, 0.25) is 5.91 Å². The predicted molar refractivity (Wildman–Crippen MR) is 93.3 cm³/mol. The van der Waals surface area contributed by atoms with Crippen LogP contribution in [0.15, 0.2) is 36.4 Å². The van der Waals surface area contributed by atoms with E-state index in [0.29, 0.717) is 17.9 Å². The van der Waals surface area contributed by atoms with Gasteiger partial charge in [-0.05, 0) is 30.6 Å². The van der Waals surface area contributed by atoms with Crippen molar-refractivity contribution in [3.8, 4) is 5.75 Å². The minimum atomic E-state index is -1.03. The Hall–Kier alpha value is -2.21. The molecular formula is C17H19NO4S. The number of rotatable bonds is 8. The van der Waals surface area contributed by atoms with Crippen LogP contribution in [0.2, 0.25) is 0 Å². The number of hydrogen-bond acceptors (Lipinski definition) is 4. The Labute approximate surface area is 139 Å². The molecule has 0 fully saturated rings. The highest BCUT2D eigenvalue weighted by atomic mass is 32.2. The molecule has 0 saturated heterocycles. The molecule has 5 nitrogen and oxygen atoms in total. The number of hydrogen-bond donors (Lipinski definition) is 2. The van der Waals surface area contributed by atoms with Gasteiger partial charge < -0.3 is 15.2 Å². The highest BCUT2D eigenvalue weighted by molar-refractivity contribution is 7.98. The molecule has 23 heavy (non-hydrogen) atoms. The van der Waals surface area contributed by atoms with E-state index in [9.17, 15) is 9.59 Å². The number of ether oxygens (including phenoxy) is 1. The molecule has 1 amide bonds. The number of benzene rings is 2. The van der Waals surface area contributed by atoms with Crippen molar-refractivity contribution in [1.29, 1.82) is 0 Å². The average molecular weight is 333 g/mol. The third kappa shape index (κ3) is 4.89. The smallest absolute Gasteiger partial charge is 0.341 e. The molecule has 0 unspecified atom stereocenters. The molecule has 0 aliphatic heterocycles. The number of aliphatic carboxylic acids is 1. The molecule has 0 spiro atoms. The fourth-order valence-electron chi connectivity index (χ4n) is 2.24. The van der Waals surface area contributed by atoms with Crippen molar-refractivity contribution in [1.82, 2.24) is 0 Å². The number of amides is 1. The molecule has 2 rings (SSSR count). The highest BCUT2D eigenvalue weighted by Gasteiger charge is 2.10. The van der Waals surface area contributed by atoms with Gasteiger partial charge in [0.1, 0.15) is 5.75 Å². The van der Waals surface area contributed by atoms with Crippen molar-refractivity contribution >= 4 is 40.1 Å². The van der Waals surface area contributed by atoms with Crippen LogP contribution in [0.1, 0.15) is 12.8 Å². The van der Waals surface area contributed by atoms with Crippen molar-refractivity contribution in [3.63, 3.8) is 0 Å². The van der Waals surface area contributed by atoms with Crippen molar-refractivity contribution in [2.75, 3.05) is 23.9 Å². The molecule has 2 aromatic rings. The Morgan fingerprint density at radius 3 is 2.61 bits per heavy atom. The minimum Gasteiger partial charge on any atom is -0.481 e. The van der Waals surface area contributed by atoms with Crippen LogP contribution < -0.4 is 10.1 Å². The zero-order valence-electron chi connectivity index (χ0n) is 12.9. The second kappa shape index (κ2) is 8.43. The Morgan fingerprint density at radius 2 is 1.91 bits per heavy atom. The van der Waals surface area contributed by atoms with E-state index in [1.165, 1.54) is 0 Å². The fraction of sp³-hybridized carbons (Fsp3) is 0.294. The molecule has 0 saturated carbocycles. The number of fused-ring (bicyclic) bond motifs is 1. The topological polar surface area (TPSA) is 75.6 Å². The first-order valence-corrected chi connectivity index (χ1v) is 8.66. The first kappa shape index (κ1) is 17.1. The van der Waals surface area contributed by atoms with Gasteiger partial charge in [0.15, 0.2) is 6.61 Å². The lowest BCUT2D eigenvalue weighted by Crippen LogP contribution is -2.12. The molecule has 2 N–H and O–H groups in total. The van der Waals surface area contributed by atoms with Crippen LogP contribution >= 0.6 is 11.8 Å². The summed E-state index contributed by atoms with van der Waals surface area (Å²) in [5.74, 6) is 0.392. The van der Waals surface area contributed by atoms with Gasteiger partial charge in [0.25, 0.3) is 0 Å². The van der Waals surface area contributed by atoms with E-state index in [1.807, 2.05) is 30.5 Å². The summed E-state index contributed by atoms with van der Waals surface area (Å²) in [6.45, 7) is -0.398. The molecule has 0 aliphatic carbocycles. The molecule has 0 bridgehead atoms. The molecule has 0 radical (unpaired) electrons. The lowest BCUT2D eigenvalue weighted by molar-refractivity contribution is -0.139. The Morgan fingerprint density at radius 1 is 1.17 bits per heavy atom. The van der Waals surface area contributed by atoms with Crippen LogP contribution in [-0.2, 0) is 9.59 Å². The van der Waals surface area contributed by atoms with E-state index in [4.69, 9.17) is 9.84 Å². The molecule has 0 heterocycles. The van der Waals surface area contributed by atoms with Gasteiger partial charge in [0, 0.05) is 22.9 Å². The Balaban J connectivity index is 2.20. The summed E-state index contributed by atoms with van der Waals surface area (Å²) < 4.78 is 5.31. The number of carboxylic acids is 1. The average Bonchev–Trinajstić information content (AvgIpc) is 2.54. The standard InChI is InChI=1S/C17H19NO4S/c1-23-10-4-7-16(19)18-14-8-9-15(22-11-17(20)21)13-6-3-2-5-12(13)14/h2-3,5-6,8-9H,4,7,10-11H2,1H3,(H,18,19)(H,20,21). The van der Waals surface area contributed by atoms with Gasteiger partial charge in [-0.15, -0.1) is 0 Å². The molecule has 0 aromatic heterocycles. The predicted octanol–water partition coefficient (Wildman–Crippen LogP) is 3.38. The van der Waals surface area contributed by atoms with Gasteiger partial charge in [-0.1, -0.05) is 24.3 Å². The molecule has 0 atom stereocenters. The van der Waals surface area contributed by atoms with Crippen molar-refractivity contribution in [2.24, 2.45) is 0 Å². The number of carbonyl (C=O) groups is 2. The number of nitrogens with one attached hydrogen (secondary N) is 1. The van der Waals surface area contributed by atoms with Crippen LogP contribution in [0, 0.1) is 0 Å². The van der Waals surface area contributed by atoms with Gasteiger partial charge in [-0.3, -0.25) is 4.79 Å². The largest absolute Gasteiger partial charge is 0.481 e. The summed E-state index contributed by atoms with van der Waals surface area (Å²) in [4.78, 5) is 22.7. The summed E-state index contributed by atoms with van der Waals surface area (Å²) in [5, 5.41) is 13.3. The lowest BCUT2D eigenvalue weighted by atomic mass is 10.1. The third-order valence-corrected chi connectivity index (χ3v) is 3.96. The van der Waals surface area contributed by atoms with Crippen LogP contribution in [0.3, 0.4) is 0 Å². The monoisotopic (exact) mass is 333 g/mol. The minimum absolute atomic E-state index is 0.0246. The first-order chi connectivity index (χ1) is 11.1. The normalized spacial score (nSPS) is 10.5. The van der Waals surface area contributed by atoms with Crippen LogP contribution in [-0.4, -0.2) is 35.6 Å². The first-order valence-electron chi connectivity index (χ1n) is 7.27. The maximum Gasteiger partial charge on any atom is 0.341 e. The highest BCUT2D eigenvalue weighted by Crippen LogP contribution is 2.31. The summed E-state index contributed by atoms with van der Waals surface area (Å²) in [7, 11) is 0. The maximum atomic E-state index is 12.0. The summed E-state index contributed by atoms with van der Waals surface area (Å²) in [5.41, 5.74) is 0.706. The molecule has 2 aromatic carbocycles. The van der Waals surface area contributed by atoms with Gasteiger partial charge in [0.05, 0.1) is 0 Å². The summed E-state index contributed by atoms with van der Waals surface area (Å²) in [6, 6.07) is 10.9. The van der Waals surface area contributed by atoms with Crippen molar-refractivity contribution in [2.45, 2.75) is 12.8 Å². The van der Waals surface area contributed by atoms with Gasteiger partial charge in [-0.2, -0.15) is 11.8 Å². The molecular weight excluding hydrogens is 314 g/mol. The van der Waals surface area contributed by atoms with E-state index in [2.05, 4.69) is 5.32 Å².